The van der Waals surface area contributed by atoms with Crippen LogP contribution in [0.5, 0.6) is 11.5 Å². The standard InChI is InChI=1S/C24H23BF2N4O9/c26-4-5-30-6-7-31(22(35)21(30)34)24(38)29-19(18-16(27)10-14(32)11-28-18)17(33)9-13-8-12-2-1-3-15(23(36)37)20(12)40-25(13)39/h1-3,10-11,13,19,32,39H,4-9H2,(H,29,38)(H,36,37)/t13-,19?/m1/s1. The van der Waals surface area contributed by atoms with Crippen LogP contribution in [0.2, 0.25) is 5.82 Å². The molecule has 1 saturated heterocycles. The number of nitrogens with zero attached hydrogens (tertiary/aromatic N) is 3. The number of hydrogen-bond donors (Lipinski definition) is 4. The van der Waals surface area contributed by atoms with Gasteiger partial charge in [-0.05, 0) is 18.1 Å². The van der Waals surface area contributed by atoms with E-state index in [1.807, 2.05) is 0 Å². The van der Waals surface area contributed by atoms with Crippen LogP contribution >= 0.6 is 0 Å². The number of ketones is 1. The average Bonchev–Trinajstić information content (AvgIpc) is 2.90. The molecule has 0 spiro atoms. The van der Waals surface area contributed by atoms with Crippen molar-refractivity contribution < 1.29 is 52.6 Å². The number of pyridine rings is 1. The number of carboxylic acid groups (broad SMARTS) is 1. The largest absolute Gasteiger partial charge is 0.535 e. The molecule has 0 bridgehead atoms. The molecule has 1 unspecified atom stereocenters. The fourth-order valence-corrected chi connectivity index (χ4v) is 4.54. The topological polar surface area (TPSA) is 187 Å². The summed E-state index contributed by atoms with van der Waals surface area (Å²) in [7, 11) is -1.63. The maximum atomic E-state index is 14.8. The van der Waals surface area contributed by atoms with Crippen molar-refractivity contribution in [2.24, 2.45) is 0 Å². The number of amides is 4. The van der Waals surface area contributed by atoms with Gasteiger partial charge in [-0.3, -0.25) is 24.3 Å². The predicted molar refractivity (Wildman–Crippen MR) is 130 cm³/mol. The summed E-state index contributed by atoms with van der Waals surface area (Å²) in [6.45, 7) is -1.71. The number of piperazine rings is 1. The first-order chi connectivity index (χ1) is 19.0. The third kappa shape index (κ3) is 5.71. The van der Waals surface area contributed by atoms with Gasteiger partial charge in [0.15, 0.2) is 11.6 Å². The summed E-state index contributed by atoms with van der Waals surface area (Å²) in [5.74, 6) is -7.29. The smallest absolute Gasteiger partial charge is 0.526 e. The molecule has 0 aliphatic carbocycles. The van der Waals surface area contributed by atoms with E-state index >= 15 is 0 Å². The summed E-state index contributed by atoms with van der Waals surface area (Å²) in [5.41, 5.74) is -0.397. The molecule has 1 aromatic carbocycles. The molecule has 210 valence electrons. The van der Waals surface area contributed by atoms with Crippen LogP contribution in [-0.4, -0.2) is 93.0 Å². The molecule has 2 aliphatic rings. The van der Waals surface area contributed by atoms with Gasteiger partial charge in [0, 0.05) is 37.9 Å². The molecule has 2 aliphatic heterocycles. The summed E-state index contributed by atoms with van der Waals surface area (Å²) in [4.78, 5) is 67.7. The lowest BCUT2D eigenvalue weighted by Crippen LogP contribution is -2.59. The Morgan fingerprint density at radius 3 is 2.65 bits per heavy atom. The van der Waals surface area contributed by atoms with E-state index in [0.29, 0.717) is 16.5 Å². The van der Waals surface area contributed by atoms with Crippen LogP contribution in [-0.2, 0) is 20.8 Å². The molecule has 4 rings (SSSR count). The van der Waals surface area contributed by atoms with E-state index in [1.54, 1.807) is 6.07 Å². The quantitative estimate of drug-likeness (QED) is 0.261. The first-order valence-electron chi connectivity index (χ1n) is 12.1. The third-order valence-electron chi connectivity index (χ3n) is 6.54. The highest BCUT2D eigenvalue weighted by Crippen LogP contribution is 2.37. The van der Waals surface area contributed by atoms with E-state index in [0.717, 1.165) is 11.1 Å². The fraction of sp³-hybridized carbons (Fsp3) is 0.333. The highest BCUT2D eigenvalue weighted by molar-refractivity contribution is 6.47. The summed E-state index contributed by atoms with van der Waals surface area (Å²) in [6.07, 6.45) is 0.318. The zero-order chi connectivity index (χ0) is 29.1. The molecule has 3 heterocycles. The van der Waals surface area contributed by atoms with Crippen molar-refractivity contribution in [3.05, 3.63) is 53.1 Å². The molecule has 4 amide bonds. The van der Waals surface area contributed by atoms with Gasteiger partial charge in [-0.2, -0.15) is 0 Å². The molecule has 2 aromatic rings. The molecule has 40 heavy (non-hydrogen) atoms. The number of aromatic carboxylic acids is 1. The zero-order valence-electron chi connectivity index (χ0n) is 20.8. The summed E-state index contributed by atoms with van der Waals surface area (Å²) in [6, 6.07) is 1.92. The van der Waals surface area contributed by atoms with Gasteiger partial charge in [0.1, 0.15) is 29.9 Å². The Morgan fingerprint density at radius 2 is 1.98 bits per heavy atom. The Morgan fingerprint density at radius 1 is 1.23 bits per heavy atom. The van der Waals surface area contributed by atoms with Crippen LogP contribution in [0.25, 0.3) is 0 Å². The molecule has 4 N–H and O–H groups in total. The lowest BCUT2D eigenvalue weighted by atomic mass is 9.64. The number of hydrogen-bond acceptors (Lipinski definition) is 9. The summed E-state index contributed by atoms with van der Waals surface area (Å²) >= 11 is 0. The van der Waals surface area contributed by atoms with Crippen LogP contribution < -0.4 is 9.97 Å². The molecule has 2 atom stereocenters. The van der Waals surface area contributed by atoms with Crippen molar-refractivity contribution in [1.29, 1.82) is 0 Å². The number of urea groups is 1. The number of carbonyl (C=O) groups excluding carboxylic acids is 4. The third-order valence-corrected chi connectivity index (χ3v) is 6.54. The monoisotopic (exact) mass is 560 g/mol. The molecule has 16 heteroatoms. The summed E-state index contributed by atoms with van der Waals surface area (Å²) < 4.78 is 32.8. The molecule has 1 aromatic heterocycles. The van der Waals surface area contributed by atoms with Crippen molar-refractivity contribution in [1.82, 2.24) is 20.1 Å². The minimum atomic E-state index is -1.82. The average molecular weight is 560 g/mol. The minimum absolute atomic E-state index is 0.000958. The highest BCUT2D eigenvalue weighted by atomic mass is 19.1. The zero-order valence-corrected chi connectivity index (χ0v) is 20.8. The number of benzene rings is 1. The van der Waals surface area contributed by atoms with Crippen molar-refractivity contribution in [2.75, 3.05) is 26.3 Å². The van der Waals surface area contributed by atoms with Crippen molar-refractivity contribution in [2.45, 2.75) is 24.7 Å². The van der Waals surface area contributed by atoms with Crippen LogP contribution in [0.4, 0.5) is 13.6 Å². The van der Waals surface area contributed by atoms with E-state index in [9.17, 15) is 48.0 Å². The maximum absolute atomic E-state index is 14.8. The van der Waals surface area contributed by atoms with Crippen molar-refractivity contribution in [3.8, 4) is 11.5 Å². The van der Waals surface area contributed by atoms with Gasteiger partial charge in [-0.1, -0.05) is 12.1 Å². The van der Waals surface area contributed by atoms with Gasteiger partial charge >= 0.3 is 30.9 Å². The summed E-state index contributed by atoms with van der Waals surface area (Å²) in [5, 5.41) is 31.6. The Bertz CT molecular complexity index is 1380. The molecule has 1 fully saturated rings. The number of fused-ring (bicyclic) bond motifs is 1. The van der Waals surface area contributed by atoms with Crippen LogP contribution in [0.15, 0.2) is 30.5 Å². The Hall–Kier alpha value is -4.60. The number of rotatable bonds is 8. The van der Waals surface area contributed by atoms with E-state index in [2.05, 4.69) is 10.3 Å². The van der Waals surface area contributed by atoms with Gasteiger partial charge in [0.25, 0.3) is 0 Å². The van der Waals surface area contributed by atoms with E-state index < -0.39 is 78.9 Å². The molecule has 13 nitrogen and oxygen atoms in total. The number of Topliss-reactive ketones (excluding diaryl/α,β-unsaturated/α-hetero) is 1. The van der Waals surface area contributed by atoms with E-state index in [4.69, 9.17) is 4.65 Å². The number of carboxylic acids is 1. The van der Waals surface area contributed by atoms with Crippen LogP contribution in [0, 0.1) is 5.82 Å². The second-order valence-corrected chi connectivity index (χ2v) is 9.12. The minimum Gasteiger partial charge on any atom is -0.535 e. The van der Waals surface area contributed by atoms with Crippen LogP contribution in [0.3, 0.4) is 0 Å². The second-order valence-electron chi connectivity index (χ2n) is 9.12. The first-order valence-corrected chi connectivity index (χ1v) is 12.1. The number of carbonyl (C=O) groups is 5. The van der Waals surface area contributed by atoms with Gasteiger partial charge < -0.3 is 30.1 Å². The number of imide groups is 1. The van der Waals surface area contributed by atoms with Crippen molar-refractivity contribution >= 4 is 36.7 Å². The van der Waals surface area contributed by atoms with Gasteiger partial charge in [0.05, 0.1) is 11.8 Å². The molecule has 0 radical (unpaired) electrons. The normalized spacial score (nSPS) is 17.7. The van der Waals surface area contributed by atoms with Crippen LogP contribution in [0.1, 0.15) is 34.1 Å². The Labute approximate surface area is 225 Å². The predicted octanol–water partition coefficient (Wildman–Crippen LogP) is 0.460. The number of halogens is 2. The second kappa shape index (κ2) is 11.7. The van der Waals surface area contributed by atoms with E-state index in [1.165, 1.54) is 12.1 Å². The van der Waals surface area contributed by atoms with Crippen molar-refractivity contribution in [3.63, 3.8) is 0 Å². The van der Waals surface area contributed by atoms with Gasteiger partial charge in [-0.15, -0.1) is 0 Å². The molecular formula is C24H23BF2N4O9. The number of nitrogens with one attached hydrogen (secondary N) is 1. The molecular weight excluding hydrogens is 537 g/mol. The SMILES string of the molecule is O=C(O)c1cccc2c1OB(O)[C@@H](CC(=O)C(NC(=O)N1CCN(CCF)C(=O)C1=O)c1ncc(O)cc1F)C2. The first kappa shape index (κ1) is 28.4. The number of para-hydroxylation sites is 1. The highest BCUT2D eigenvalue weighted by Gasteiger charge is 2.42. The number of aromatic hydroxyl groups is 1. The maximum Gasteiger partial charge on any atom is 0.526 e. The Kier molecular flexibility index (Phi) is 8.28. The fourth-order valence-electron chi connectivity index (χ4n) is 4.54. The number of aromatic nitrogens is 1. The van der Waals surface area contributed by atoms with Gasteiger partial charge in [-0.25, -0.2) is 18.4 Å². The molecule has 0 saturated carbocycles. The Balaban J connectivity index is 1.57. The number of alkyl halides is 1. The lowest BCUT2D eigenvalue weighted by molar-refractivity contribution is -0.153. The lowest BCUT2D eigenvalue weighted by Gasteiger charge is -2.33. The van der Waals surface area contributed by atoms with E-state index in [-0.39, 0.29) is 37.4 Å². The van der Waals surface area contributed by atoms with Gasteiger partial charge in [0.2, 0.25) is 0 Å².